The van der Waals surface area contributed by atoms with Crippen LogP contribution in [0.15, 0.2) is 53.3 Å². The van der Waals surface area contributed by atoms with Gasteiger partial charge in [-0.15, -0.1) is 0 Å². The summed E-state index contributed by atoms with van der Waals surface area (Å²) in [6.45, 7) is 3.59. The summed E-state index contributed by atoms with van der Waals surface area (Å²) >= 11 is 3.45. The fourth-order valence-corrected chi connectivity index (χ4v) is 4.01. The van der Waals surface area contributed by atoms with Gasteiger partial charge in [0, 0.05) is 49.6 Å². The molecule has 0 bridgehead atoms. The third-order valence-electron chi connectivity index (χ3n) is 5.19. The molecule has 31 heavy (non-hydrogen) atoms. The molecular weight excluding hydrogens is 475 g/mol. The van der Waals surface area contributed by atoms with Crippen LogP contribution in [0.25, 0.3) is 5.65 Å². The minimum atomic E-state index is -4.51. The number of fused-ring (bicyclic) bond motifs is 1. The van der Waals surface area contributed by atoms with Gasteiger partial charge in [0.05, 0.1) is 23.5 Å². The van der Waals surface area contributed by atoms with Crippen molar-refractivity contribution in [2.75, 3.05) is 38.0 Å². The SMILES string of the molecule is O=C(CN1CCN(Cc2cn3cc(Br)ccc3n2)CC1)Nc1ccccc1C(F)(F)F. The standard InChI is InChI=1S/C21H21BrF3N5O/c22-15-5-6-19-26-16(13-30(19)11-15)12-28-7-9-29(10-8-28)14-20(31)27-18-4-2-1-3-17(18)21(23,24)25/h1-6,11,13H,7-10,12,14H2,(H,27,31). The smallest absolute Gasteiger partial charge is 0.324 e. The summed E-state index contributed by atoms with van der Waals surface area (Å²) in [6, 6.07) is 8.91. The van der Waals surface area contributed by atoms with E-state index < -0.39 is 17.6 Å². The lowest BCUT2D eigenvalue weighted by atomic mass is 10.1. The molecule has 6 nitrogen and oxygen atoms in total. The monoisotopic (exact) mass is 495 g/mol. The van der Waals surface area contributed by atoms with Gasteiger partial charge in [0.25, 0.3) is 0 Å². The summed E-state index contributed by atoms with van der Waals surface area (Å²) in [5, 5.41) is 2.40. The van der Waals surface area contributed by atoms with E-state index in [0.29, 0.717) is 19.6 Å². The number of nitrogens with zero attached hydrogens (tertiary/aromatic N) is 4. The minimum Gasteiger partial charge on any atom is -0.324 e. The van der Waals surface area contributed by atoms with Gasteiger partial charge < -0.3 is 9.72 Å². The summed E-state index contributed by atoms with van der Waals surface area (Å²) in [5.74, 6) is -0.448. The topological polar surface area (TPSA) is 52.9 Å². The highest BCUT2D eigenvalue weighted by molar-refractivity contribution is 9.10. The van der Waals surface area contributed by atoms with Gasteiger partial charge in [0.2, 0.25) is 5.91 Å². The molecule has 0 atom stereocenters. The first-order valence-corrected chi connectivity index (χ1v) is 10.6. The molecule has 1 aromatic carbocycles. The van der Waals surface area contributed by atoms with Crippen molar-refractivity contribution < 1.29 is 18.0 Å². The first-order valence-electron chi connectivity index (χ1n) is 9.82. The highest BCUT2D eigenvalue weighted by Crippen LogP contribution is 2.34. The zero-order chi connectivity index (χ0) is 22.0. The Morgan fingerprint density at radius 3 is 2.48 bits per heavy atom. The second kappa shape index (κ2) is 8.97. The molecule has 3 heterocycles. The number of para-hydroxylation sites is 1. The molecule has 0 spiro atoms. The Bertz CT molecular complexity index is 1080. The van der Waals surface area contributed by atoms with E-state index in [1.165, 1.54) is 18.2 Å². The predicted octanol–water partition coefficient (Wildman–Crippen LogP) is 3.87. The molecule has 1 amide bonds. The van der Waals surface area contributed by atoms with Crippen molar-refractivity contribution in [1.29, 1.82) is 0 Å². The van der Waals surface area contributed by atoms with Crippen molar-refractivity contribution >= 4 is 33.2 Å². The van der Waals surface area contributed by atoms with Crippen LogP contribution < -0.4 is 5.32 Å². The zero-order valence-electron chi connectivity index (χ0n) is 16.6. The van der Waals surface area contributed by atoms with Crippen LogP contribution in [0.5, 0.6) is 0 Å². The second-order valence-electron chi connectivity index (χ2n) is 7.49. The van der Waals surface area contributed by atoms with E-state index in [1.54, 1.807) is 0 Å². The molecule has 1 aliphatic heterocycles. The lowest BCUT2D eigenvalue weighted by Gasteiger charge is -2.33. The molecular formula is C21H21BrF3N5O. The van der Waals surface area contributed by atoms with E-state index in [1.807, 2.05) is 33.8 Å². The number of anilines is 1. The van der Waals surface area contributed by atoms with E-state index >= 15 is 0 Å². The normalized spacial score (nSPS) is 16.0. The second-order valence-corrected chi connectivity index (χ2v) is 8.40. The van der Waals surface area contributed by atoms with Crippen LogP contribution in [0.1, 0.15) is 11.3 Å². The van der Waals surface area contributed by atoms with Gasteiger partial charge in [-0.1, -0.05) is 12.1 Å². The van der Waals surface area contributed by atoms with Crippen LogP contribution in [0, 0.1) is 0 Å². The maximum absolute atomic E-state index is 13.1. The number of rotatable bonds is 5. The Morgan fingerprint density at radius 1 is 1.03 bits per heavy atom. The van der Waals surface area contributed by atoms with Crippen LogP contribution >= 0.6 is 15.9 Å². The molecule has 1 saturated heterocycles. The Kier molecular flexibility index (Phi) is 6.31. The maximum Gasteiger partial charge on any atom is 0.418 e. The van der Waals surface area contributed by atoms with Gasteiger partial charge in [-0.3, -0.25) is 14.6 Å². The molecule has 1 N–H and O–H groups in total. The number of pyridine rings is 1. The molecule has 164 valence electrons. The number of halogens is 4. The molecule has 0 radical (unpaired) electrons. The lowest BCUT2D eigenvalue weighted by Crippen LogP contribution is -2.48. The van der Waals surface area contributed by atoms with E-state index in [9.17, 15) is 18.0 Å². The first-order chi connectivity index (χ1) is 14.8. The van der Waals surface area contributed by atoms with Crippen LogP contribution in [0.2, 0.25) is 0 Å². The number of amides is 1. The summed E-state index contributed by atoms with van der Waals surface area (Å²) < 4.78 is 42.2. The van der Waals surface area contributed by atoms with E-state index in [0.717, 1.165) is 35.0 Å². The first kappa shape index (κ1) is 21.8. The number of alkyl halides is 3. The Morgan fingerprint density at radius 2 is 1.74 bits per heavy atom. The maximum atomic E-state index is 13.1. The summed E-state index contributed by atoms with van der Waals surface area (Å²) in [6.07, 6.45) is -0.555. The van der Waals surface area contributed by atoms with Gasteiger partial charge in [-0.2, -0.15) is 13.2 Å². The van der Waals surface area contributed by atoms with Crippen LogP contribution in [0.4, 0.5) is 18.9 Å². The van der Waals surface area contributed by atoms with E-state index in [4.69, 9.17) is 0 Å². The number of imidazole rings is 1. The largest absolute Gasteiger partial charge is 0.418 e. The zero-order valence-corrected chi connectivity index (χ0v) is 18.2. The molecule has 1 fully saturated rings. The number of nitrogens with one attached hydrogen (secondary N) is 1. The third kappa shape index (κ3) is 5.44. The van der Waals surface area contributed by atoms with Crippen LogP contribution in [0.3, 0.4) is 0 Å². The average Bonchev–Trinajstić information content (AvgIpc) is 3.10. The van der Waals surface area contributed by atoms with Crippen molar-refractivity contribution in [3.05, 3.63) is 64.5 Å². The van der Waals surface area contributed by atoms with Gasteiger partial charge in [-0.25, -0.2) is 4.98 Å². The van der Waals surface area contributed by atoms with E-state index in [-0.39, 0.29) is 12.2 Å². The number of carbonyl (C=O) groups is 1. The molecule has 2 aromatic heterocycles. The third-order valence-corrected chi connectivity index (χ3v) is 5.66. The van der Waals surface area contributed by atoms with Gasteiger partial charge in [-0.05, 0) is 40.2 Å². The molecule has 4 rings (SSSR count). The molecule has 1 aliphatic rings. The highest BCUT2D eigenvalue weighted by Gasteiger charge is 2.33. The van der Waals surface area contributed by atoms with Gasteiger partial charge in [0.15, 0.2) is 0 Å². The molecule has 0 aliphatic carbocycles. The van der Waals surface area contributed by atoms with Crippen LogP contribution in [-0.4, -0.2) is 57.8 Å². The Hall–Kier alpha value is -2.43. The molecule has 0 saturated carbocycles. The lowest BCUT2D eigenvalue weighted by molar-refractivity contribution is -0.137. The molecule has 10 heteroatoms. The highest BCUT2D eigenvalue weighted by atomic mass is 79.9. The Labute approximate surface area is 185 Å². The quantitative estimate of drug-likeness (QED) is 0.583. The number of carbonyl (C=O) groups excluding carboxylic acids is 1. The fourth-order valence-electron chi connectivity index (χ4n) is 3.66. The van der Waals surface area contributed by atoms with Crippen LogP contribution in [-0.2, 0) is 17.5 Å². The summed E-state index contributed by atoms with van der Waals surface area (Å²) in [7, 11) is 0. The number of benzene rings is 1. The molecule has 3 aromatic rings. The Balaban J connectivity index is 1.28. The average molecular weight is 496 g/mol. The molecule has 0 unspecified atom stereocenters. The summed E-state index contributed by atoms with van der Waals surface area (Å²) in [4.78, 5) is 21.1. The van der Waals surface area contributed by atoms with Crippen molar-refractivity contribution in [2.45, 2.75) is 12.7 Å². The van der Waals surface area contributed by atoms with Gasteiger partial charge >= 0.3 is 6.18 Å². The van der Waals surface area contributed by atoms with E-state index in [2.05, 4.69) is 31.1 Å². The number of aromatic nitrogens is 2. The van der Waals surface area contributed by atoms with Gasteiger partial charge in [0.1, 0.15) is 5.65 Å². The summed E-state index contributed by atoms with van der Waals surface area (Å²) in [5.41, 5.74) is 0.797. The predicted molar refractivity (Wildman–Crippen MR) is 115 cm³/mol. The van der Waals surface area contributed by atoms with Crippen molar-refractivity contribution in [2.24, 2.45) is 0 Å². The van der Waals surface area contributed by atoms with Crippen molar-refractivity contribution in [3.63, 3.8) is 0 Å². The number of hydrogen-bond donors (Lipinski definition) is 1. The minimum absolute atomic E-state index is 0.0580. The number of piperazine rings is 1. The number of hydrogen-bond acceptors (Lipinski definition) is 4. The van der Waals surface area contributed by atoms with Crippen molar-refractivity contribution in [1.82, 2.24) is 19.2 Å². The van der Waals surface area contributed by atoms with Crippen molar-refractivity contribution in [3.8, 4) is 0 Å². The fraction of sp³-hybridized carbons (Fsp3) is 0.333.